The molecule has 0 amide bonds. The van der Waals surface area contributed by atoms with E-state index in [-0.39, 0.29) is 0 Å². The molecule has 0 nitrogen and oxygen atoms in total. The summed E-state index contributed by atoms with van der Waals surface area (Å²) in [5.74, 6) is 2.67. The lowest BCUT2D eigenvalue weighted by atomic mass is 9.70. The lowest BCUT2D eigenvalue weighted by Crippen LogP contribution is -2.27. The summed E-state index contributed by atoms with van der Waals surface area (Å²) in [6.45, 7) is 7.20. The van der Waals surface area contributed by atoms with Crippen molar-refractivity contribution in [1.29, 1.82) is 0 Å². The van der Waals surface area contributed by atoms with E-state index in [0.29, 0.717) is 5.41 Å². The minimum absolute atomic E-state index is 0.624. The minimum Gasteiger partial charge on any atom is -0.0851 e. The molecule has 2 rings (SSSR count). The molecule has 0 radical (unpaired) electrons. The van der Waals surface area contributed by atoms with E-state index in [4.69, 9.17) is 0 Å². The third-order valence-corrected chi connectivity index (χ3v) is 4.04. The van der Waals surface area contributed by atoms with Gasteiger partial charge in [0.15, 0.2) is 0 Å². The molecule has 3 unspecified atom stereocenters. The smallest absolute Gasteiger partial charge is 0.0171 e. The molecule has 0 aromatic heterocycles. The molecule has 3 atom stereocenters. The molecule has 0 heterocycles. The zero-order valence-corrected chi connectivity index (χ0v) is 7.80. The average molecular weight is 150 g/mol. The first-order chi connectivity index (χ1) is 5.13. The number of fused-ring (bicyclic) bond motifs is 2. The molecule has 11 heavy (non-hydrogen) atoms. The van der Waals surface area contributed by atoms with Crippen LogP contribution in [0.5, 0.6) is 0 Å². The number of allylic oxidation sites excluding steroid dienone is 2. The summed E-state index contributed by atoms with van der Waals surface area (Å²) >= 11 is 0. The molecule has 1 fully saturated rings. The third kappa shape index (κ3) is 0.881. The first-order valence-corrected chi connectivity index (χ1v) is 4.81. The van der Waals surface area contributed by atoms with Crippen LogP contribution in [0.1, 0.15) is 33.6 Å². The average Bonchev–Trinajstić information content (AvgIpc) is 2.45. The standard InChI is InChI=1S/C11H18/c1-8(2)11(3)7-9-4-5-10(11)6-9/h4-5,8-10H,6-7H2,1-3H3. The molecule has 2 bridgehead atoms. The van der Waals surface area contributed by atoms with Gasteiger partial charge in [-0.05, 0) is 36.0 Å². The summed E-state index contributed by atoms with van der Waals surface area (Å²) in [5.41, 5.74) is 0.624. The van der Waals surface area contributed by atoms with Gasteiger partial charge in [-0.3, -0.25) is 0 Å². The van der Waals surface area contributed by atoms with Gasteiger partial charge in [0.1, 0.15) is 0 Å². The first kappa shape index (κ1) is 7.39. The molecule has 2 aliphatic carbocycles. The fourth-order valence-corrected chi connectivity index (χ4v) is 2.80. The predicted octanol–water partition coefficient (Wildman–Crippen LogP) is 3.24. The highest BCUT2D eigenvalue weighted by Gasteiger charge is 2.46. The Bertz CT molecular complexity index is 190. The fraction of sp³-hybridized carbons (Fsp3) is 0.818. The molecule has 1 saturated carbocycles. The number of rotatable bonds is 1. The second-order valence-electron chi connectivity index (χ2n) is 4.85. The van der Waals surface area contributed by atoms with E-state index in [2.05, 4.69) is 32.9 Å². The Balaban J connectivity index is 2.24. The van der Waals surface area contributed by atoms with Gasteiger partial charge in [-0.15, -0.1) is 0 Å². The van der Waals surface area contributed by atoms with Crippen molar-refractivity contribution < 1.29 is 0 Å². The van der Waals surface area contributed by atoms with Gasteiger partial charge in [-0.25, -0.2) is 0 Å². The minimum atomic E-state index is 0.624. The molecule has 0 saturated heterocycles. The van der Waals surface area contributed by atoms with Crippen molar-refractivity contribution in [1.82, 2.24) is 0 Å². The van der Waals surface area contributed by atoms with Gasteiger partial charge in [0, 0.05) is 0 Å². The molecule has 0 aliphatic heterocycles. The van der Waals surface area contributed by atoms with Crippen molar-refractivity contribution in [2.24, 2.45) is 23.2 Å². The predicted molar refractivity (Wildman–Crippen MR) is 48.3 cm³/mol. The van der Waals surface area contributed by atoms with Crippen LogP contribution in [0.4, 0.5) is 0 Å². The highest BCUT2D eigenvalue weighted by atomic mass is 14.5. The summed E-state index contributed by atoms with van der Waals surface area (Å²) in [6, 6.07) is 0. The Morgan fingerprint density at radius 1 is 1.36 bits per heavy atom. The van der Waals surface area contributed by atoms with Gasteiger partial charge in [0.2, 0.25) is 0 Å². The van der Waals surface area contributed by atoms with Crippen molar-refractivity contribution in [2.45, 2.75) is 33.6 Å². The zero-order valence-electron chi connectivity index (χ0n) is 7.80. The third-order valence-electron chi connectivity index (χ3n) is 4.04. The van der Waals surface area contributed by atoms with Gasteiger partial charge in [0.25, 0.3) is 0 Å². The summed E-state index contributed by atoms with van der Waals surface area (Å²) in [5, 5.41) is 0. The molecular weight excluding hydrogens is 132 g/mol. The Kier molecular flexibility index (Phi) is 1.42. The maximum atomic E-state index is 2.46. The Morgan fingerprint density at radius 3 is 2.36 bits per heavy atom. The van der Waals surface area contributed by atoms with E-state index in [1.54, 1.807) is 0 Å². The van der Waals surface area contributed by atoms with Crippen LogP contribution in [0.2, 0.25) is 0 Å². The first-order valence-electron chi connectivity index (χ1n) is 4.81. The molecule has 0 heteroatoms. The lowest BCUT2D eigenvalue weighted by Gasteiger charge is -2.35. The summed E-state index contributed by atoms with van der Waals surface area (Å²) < 4.78 is 0. The van der Waals surface area contributed by atoms with Crippen molar-refractivity contribution in [2.75, 3.05) is 0 Å². The van der Waals surface area contributed by atoms with Crippen LogP contribution in [-0.2, 0) is 0 Å². The van der Waals surface area contributed by atoms with Gasteiger partial charge in [-0.1, -0.05) is 32.9 Å². The van der Waals surface area contributed by atoms with Crippen LogP contribution in [0.3, 0.4) is 0 Å². The molecule has 0 aromatic carbocycles. The maximum Gasteiger partial charge on any atom is -0.0171 e. The van der Waals surface area contributed by atoms with Crippen LogP contribution >= 0.6 is 0 Å². The van der Waals surface area contributed by atoms with E-state index in [9.17, 15) is 0 Å². The van der Waals surface area contributed by atoms with Crippen LogP contribution < -0.4 is 0 Å². The van der Waals surface area contributed by atoms with Gasteiger partial charge in [-0.2, -0.15) is 0 Å². The highest BCUT2D eigenvalue weighted by Crippen LogP contribution is 2.55. The van der Waals surface area contributed by atoms with Crippen molar-refractivity contribution in [3.05, 3.63) is 12.2 Å². The van der Waals surface area contributed by atoms with E-state index < -0.39 is 0 Å². The monoisotopic (exact) mass is 150 g/mol. The second-order valence-corrected chi connectivity index (χ2v) is 4.85. The summed E-state index contributed by atoms with van der Waals surface area (Å²) in [7, 11) is 0. The Labute approximate surface area is 69.7 Å². The van der Waals surface area contributed by atoms with E-state index >= 15 is 0 Å². The number of hydrogen-bond donors (Lipinski definition) is 0. The van der Waals surface area contributed by atoms with Crippen LogP contribution in [-0.4, -0.2) is 0 Å². The van der Waals surface area contributed by atoms with Crippen molar-refractivity contribution in [3.63, 3.8) is 0 Å². The highest BCUT2D eigenvalue weighted by molar-refractivity contribution is 5.14. The van der Waals surface area contributed by atoms with Gasteiger partial charge in [0.05, 0.1) is 0 Å². The van der Waals surface area contributed by atoms with Gasteiger partial charge >= 0.3 is 0 Å². The van der Waals surface area contributed by atoms with Crippen LogP contribution in [0.25, 0.3) is 0 Å². The largest absolute Gasteiger partial charge is 0.0851 e. The molecule has 62 valence electrons. The molecule has 0 aromatic rings. The second kappa shape index (κ2) is 2.12. The Hall–Kier alpha value is -0.260. The van der Waals surface area contributed by atoms with E-state index in [0.717, 1.165) is 17.8 Å². The van der Waals surface area contributed by atoms with Crippen LogP contribution in [0, 0.1) is 23.2 Å². The fourth-order valence-electron chi connectivity index (χ4n) is 2.80. The van der Waals surface area contributed by atoms with Crippen molar-refractivity contribution >= 4 is 0 Å². The zero-order chi connectivity index (χ0) is 8.06. The van der Waals surface area contributed by atoms with E-state index in [1.165, 1.54) is 12.8 Å². The topological polar surface area (TPSA) is 0 Å². The summed E-state index contributed by atoms with van der Waals surface area (Å²) in [4.78, 5) is 0. The normalized spacial score (nSPS) is 47.6. The van der Waals surface area contributed by atoms with Crippen LogP contribution in [0.15, 0.2) is 12.2 Å². The quantitative estimate of drug-likeness (QED) is 0.503. The molecule has 0 N–H and O–H groups in total. The number of hydrogen-bond acceptors (Lipinski definition) is 0. The van der Waals surface area contributed by atoms with Crippen molar-refractivity contribution in [3.8, 4) is 0 Å². The molecule has 0 spiro atoms. The maximum absolute atomic E-state index is 2.46. The summed E-state index contributed by atoms with van der Waals surface area (Å²) in [6.07, 6.45) is 7.75. The molecule has 2 aliphatic rings. The van der Waals surface area contributed by atoms with E-state index in [1.807, 2.05) is 0 Å². The Morgan fingerprint density at radius 2 is 2.09 bits per heavy atom. The van der Waals surface area contributed by atoms with Gasteiger partial charge < -0.3 is 0 Å². The SMILES string of the molecule is CC(C)C1(C)CC2C=CC1C2. The lowest BCUT2D eigenvalue weighted by molar-refractivity contribution is 0.172. The molecular formula is C11H18.